The quantitative estimate of drug-likeness (QED) is 0.672. The molecule has 1 amide bonds. The van der Waals surface area contributed by atoms with E-state index in [4.69, 9.17) is 14.2 Å². The number of nitrogens with zero attached hydrogens (tertiary/aromatic N) is 2. The zero-order chi connectivity index (χ0) is 22.3. The van der Waals surface area contributed by atoms with Crippen LogP contribution in [0.5, 0.6) is 17.2 Å². The van der Waals surface area contributed by atoms with Crippen LogP contribution in [-0.4, -0.2) is 49.8 Å². The first-order chi connectivity index (χ1) is 15.6. The van der Waals surface area contributed by atoms with E-state index in [0.717, 1.165) is 30.0 Å². The number of likely N-dealkylation sites (tertiary alicyclic amines) is 1. The Bertz CT molecular complexity index is 1160. The van der Waals surface area contributed by atoms with Gasteiger partial charge < -0.3 is 29.0 Å². The maximum atomic E-state index is 13.2. The van der Waals surface area contributed by atoms with Crippen molar-refractivity contribution < 1.29 is 19.0 Å². The predicted molar refractivity (Wildman–Crippen MR) is 122 cm³/mol. The molecule has 7 heteroatoms. The van der Waals surface area contributed by atoms with Crippen LogP contribution in [-0.2, 0) is 5.54 Å². The number of hydrogen-bond acceptors (Lipinski definition) is 5. The van der Waals surface area contributed by atoms with Gasteiger partial charge in [0, 0.05) is 36.6 Å². The Kier molecular flexibility index (Phi) is 4.96. The fourth-order valence-electron chi connectivity index (χ4n) is 4.88. The molecule has 166 valence electrons. The first-order valence-electron chi connectivity index (χ1n) is 10.7. The summed E-state index contributed by atoms with van der Waals surface area (Å²) < 4.78 is 18.3. The summed E-state index contributed by atoms with van der Waals surface area (Å²) >= 11 is 0. The van der Waals surface area contributed by atoms with Gasteiger partial charge in [0.05, 0.1) is 38.2 Å². The van der Waals surface area contributed by atoms with Crippen molar-refractivity contribution >= 4 is 11.6 Å². The molecule has 0 unspecified atom stereocenters. The largest absolute Gasteiger partial charge is 0.497 e. The second kappa shape index (κ2) is 7.82. The van der Waals surface area contributed by atoms with Gasteiger partial charge in [-0.3, -0.25) is 4.79 Å². The summed E-state index contributed by atoms with van der Waals surface area (Å²) in [5.41, 5.74) is 3.77. The number of hydrogen-bond donors (Lipinski definition) is 1. The highest BCUT2D eigenvalue weighted by molar-refractivity contribution is 5.95. The molecule has 1 spiro atoms. The van der Waals surface area contributed by atoms with E-state index >= 15 is 0 Å². The minimum Gasteiger partial charge on any atom is -0.497 e. The molecule has 2 aliphatic rings. The molecular formula is C25H27N3O4. The van der Waals surface area contributed by atoms with Crippen molar-refractivity contribution in [3.8, 4) is 22.9 Å². The SMILES string of the molecule is COc1ccc2c(c1)NC1(CCN(C(=O)c3ccc(OC)c(OC)c3)CC1)c1cccn1-2. The molecule has 5 rings (SSSR count). The lowest BCUT2D eigenvalue weighted by Crippen LogP contribution is -2.51. The molecule has 7 nitrogen and oxygen atoms in total. The van der Waals surface area contributed by atoms with Crippen LogP contribution in [0, 0.1) is 0 Å². The minimum absolute atomic E-state index is 0.00839. The van der Waals surface area contributed by atoms with Crippen molar-refractivity contribution in [1.82, 2.24) is 9.47 Å². The van der Waals surface area contributed by atoms with Crippen LogP contribution in [0.2, 0.25) is 0 Å². The molecule has 0 atom stereocenters. The third-order valence-corrected chi connectivity index (χ3v) is 6.61. The van der Waals surface area contributed by atoms with Gasteiger partial charge in [-0.15, -0.1) is 0 Å². The maximum Gasteiger partial charge on any atom is 0.253 e. The Labute approximate surface area is 187 Å². The fourth-order valence-corrected chi connectivity index (χ4v) is 4.88. The van der Waals surface area contributed by atoms with Crippen molar-refractivity contribution in [3.63, 3.8) is 0 Å². The Balaban J connectivity index is 1.39. The van der Waals surface area contributed by atoms with E-state index in [0.29, 0.717) is 30.2 Å². The predicted octanol–water partition coefficient (Wildman–Crippen LogP) is 4.06. The van der Waals surface area contributed by atoms with Crippen molar-refractivity contribution in [3.05, 3.63) is 66.0 Å². The number of ether oxygens (including phenoxy) is 3. The van der Waals surface area contributed by atoms with Gasteiger partial charge >= 0.3 is 0 Å². The molecule has 1 aromatic heterocycles. The van der Waals surface area contributed by atoms with Crippen molar-refractivity contribution in [2.75, 3.05) is 39.7 Å². The number of carbonyl (C=O) groups is 1. The molecule has 2 aromatic carbocycles. The van der Waals surface area contributed by atoms with Gasteiger partial charge in [-0.05, 0) is 55.3 Å². The lowest BCUT2D eigenvalue weighted by molar-refractivity contribution is 0.0676. The van der Waals surface area contributed by atoms with Crippen LogP contribution in [0.25, 0.3) is 5.69 Å². The molecular weight excluding hydrogens is 406 g/mol. The first-order valence-corrected chi connectivity index (χ1v) is 10.7. The Morgan fingerprint density at radius 2 is 1.72 bits per heavy atom. The third-order valence-electron chi connectivity index (χ3n) is 6.61. The Morgan fingerprint density at radius 1 is 0.938 bits per heavy atom. The summed E-state index contributed by atoms with van der Waals surface area (Å²) in [7, 11) is 4.84. The van der Waals surface area contributed by atoms with E-state index in [1.54, 1.807) is 39.5 Å². The Hall–Kier alpha value is -3.61. The zero-order valence-corrected chi connectivity index (χ0v) is 18.6. The van der Waals surface area contributed by atoms with E-state index in [1.165, 1.54) is 5.69 Å². The van der Waals surface area contributed by atoms with Crippen molar-refractivity contribution in [2.45, 2.75) is 18.4 Å². The number of benzene rings is 2. The third kappa shape index (κ3) is 3.16. The summed E-state index contributed by atoms with van der Waals surface area (Å²) in [6.45, 7) is 1.31. The number of methoxy groups -OCH3 is 3. The monoisotopic (exact) mass is 433 g/mol. The molecule has 3 aromatic rings. The Morgan fingerprint density at radius 3 is 2.44 bits per heavy atom. The van der Waals surface area contributed by atoms with E-state index in [2.05, 4.69) is 34.3 Å². The van der Waals surface area contributed by atoms with Crippen LogP contribution >= 0.6 is 0 Å². The second-order valence-electron chi connectivity index (χ2n) is 8.22. The van der Waals surface area contributed by atoms with Gasteiger partial charge in [-0.1, -0.05) is 0 Å². The normalized spacial score (nSPS) is 16.0. The highest BCUT2D eigenvalue weighted by Gasteiger charge is 2.42. The molecule has 1 N–H and O–H groups in total. The molecule has 2 aliphatic heterocycles. The van der Waals surface area contributed by atoms with Gasteiger partial charge in [0.25, 0.3) is 5.91 Å². The van der Waals surface area contributed by atoms with Gasteiger partial charge in [-0.2, -0.15) is 0 Å². The molecule has 0 saturated carbocycles. The number of piperidine rings is 1. The molecule has 1 fully saturated rings. The number of nitrogens with one attached hydrogen (secondary N) is 1. The average molecular weight is 434 g/mol. The number of carbonyl (C=O) groups excluding carboxylic acids is 1. The van der Waals surface area contributed by atoms with Crippen LogP contribution < -0.4 is 19.5 Å². The van der Waals surface area contributed by atoms with E-state index < -0.39 is 0 Å². The summed E-state index contributed by atoms with van der Waals surface area (Å²) in [4.78, 5) is 15.1. The van der Waals surface area contributed by atoms with Gasteiger partial charge in [0.15, 0.2) is 11.5 Å². The number of rotatable bonds is 4. The molecule has 1 saturated heterocycles. The number of anilines is 1. The number of amides is 1. The lowest BCUT2D eigenvalue weighted by Gasteiger charge is -2.46. The highest BCUT2D eigenvalue weighted by atomic mass is 16.5. The van der Waals surface area contributed by atoms with Gasteiger partial charge in [-0.25, -0.2) is 0 Å². The number of aromatic nitrogens is 1. The molecule has 0 bridgehead atoms. The van der Waals surface area contributed by atoms with Crippen molar-refractivity contribution in [1.29, 1.82) is 0 Å². The summed E-state index contributed by atoms with van der Waals surface area (Å²) in [5, 5.41) is 3.79. The van der Waals surface area contributed by atoms with E-state index in [9.17, 15) is 4.79 Å². The first kappa shape index (κ1) is 20.3. The van der Waals surface area contributed by atoms with Crippen LogP contribution in [0.4, 0.5) is 5.69 Å². The van der Waals surface area contributed by atoms with Crippen molar-refractivity contribution in [2.24, 2.45) is 0 Å². The average Bonchev–Trinajstić information content (AvgIpc) is 3.35. The topological polar surface area (TPSA) is 65.0 Å². The summed E-state index contributed by atoms with van der Waals surface area (Å²) in [5.74, 6) is 2.00. The smallest absolute Gasteiger partial charge is 0.253 e. The minimum atomic E-state index is -0.225. The van der Waals surface area contributed by atoms with Gasteiger partial charge in [0.2, 0.25) is 0 Å². The van der Waals surface area contributed by atoms with Crippen LogP contribution in [0.15, 0.2) is 54.7 Å². The van der Waals surface area contributed by atoms with Crippen LogP contribution in [0.3, 0.4) is 0 Å². The fraction of sp³-hybridized carbons (Fsp3) is 0.320. The molecule has 0 aliphatic carbocycles. The van der Waals surface area contributed by atoms with E-state index in [-0.39, 0.29) is 11.4 Å². The highest BCUT2D eigenvalue weighted by Crippen LogP contribution is 2.44. The standard InChI is InChI=1S/C25H27N3O4/c1-30-18-7-8-20-19(16-18)26-25(23-5-4-12-28(20)23)10-13-27(14-11-25)24(29)17-6-9-21(31-2)22(15-17)32-3/h4-9,12,15-16,26H,10-11,13-14H2,1-3H3. The summed E-state index contributed by atoms with van der Waals surface area (Å²) in [6, 6.07) is 15.7. The molecule has 0 radical (unpaired) electrons. The zero-order valence-electron chi connectivity index (χ0n) is 18.6. The molecule has 32 heavy (non-hydrogen) atoms. The van der Waals surface area contributed by atoms with E-state index in [1.807, 2.05) is 17.0 Å². The van der Waals surface area contributed by atoms with Gasteiger partial charge in [0.1, 0.15) is 5.75 Å². The molecule has 3 heterocycles. The maximum absolute atomic E-state index is 13.2. The second-order valence-corrected chi connectivity index (χ2v) is 8.22. The lowest BCUT2D eigenvalue weighted by atomic mass is 9.82. The summed E-state index contributed by atoms with van der Waals surface area (Å²) in [6.07, 6.45) is 3.73. The number of fused-ring (bicyclic) bond motifs is 4. The van der Waals surface area contributed by atoms with Crippen LogP contribution in [0.1, 0.15) is 28.9 Å².